The van der Waals surface area contributed by atoms with Crippen molar-refractivity contribution in [2.24, 2.45) is 4.99 Å². The molecule has 1 aromatic carbocycles. The summed E-state index contributed by atoms with van der Waals surface area (Å²) in [5, 5.41) is 8.48. The number of carbonyl (C=O) groups is 1. The van der Waals surface area contributed by atoms with Crippen molar-refractivity contribution in [1.82, 2.24) is 15.5 Å². The van der Waals surface area contributed by atoms with Gasteiger partial charge in [0.15, 0.2) is 5.96 Å². The van der Waals surface area contributed by atoms with Gasteiger partial charge >= 0.3 is 0 Å². The van der Waals surface area contributed by atoms with Gasteiger partial charge in [0.2, 0.25) is 5.91 Å². The number of nitrogens with zero attached hydrogens (tertiary/aromatic N) is 2. The fourth-order valence-corrected chi connectivity index (χ4v) is 2.84. The van der Waals surface area contributed by atoms with Gasteiger partial charge in [-0.1, -0.05) is 18.2 Å². The summed E-state index contributed by atoms with van der Waals surface area (Å²) in [7, 11) is 3.39. The zero-order valence-electron chi connectivity index (χ0n) is 15.5. The summed E-state index contributed by atoms with van der Waals surface area (Å²) in [5.74, 6) is 0.197. The highest BCUT2D eigenvalue weighted by atomic mass is 32.1. The van der Waals surface area contributed by atoms with Gasteiger partial charge in [-0.2, -0.15) is 0 Å². The van der Waals surface area contributed by atoms with Crippen LogP contribution in [0.3, 0.4) is 0 Å². The Kier molecular flexibility index (Phi) is 7.15. The van der Waals surface area contributed by atoms with Crippen LogP contribution in [0, 0.1) is 12.7 Å². The van der Waals surface area contributed by atoms with Gasteiger partial charge in [-0.25, -0.2) is 9.38 Å². The predicted molar refractivity (Wildman–Crippen MR) is 105 cm³/mol. The van der Waals surface area contributed by atoms with E-state index in [-0.39, 0.29) is 24.3 Å². The van der Waals surface area contributed by atoms with Crippen LogP contribution in [0.2, 0.25) is 0 Å². The quantitative estimate of drug-likeness (QED) is 0.602. The SMILES string of the molecule is Cc1ccc(C(C)NC(=NCC(=O)N(C)C)NCc2cccs2)cc1F. The number of hydrogen-bond donors (Lipinski definition) is 2. The van der Waals surface area contributed by atoms with Crippen LogP contribution in [0.5, 0.6) is 0 Å². The lowest BCUT2D eigenvalue weighted by atomic mass is 10.1. The number of aryl methyl sites for hydroxylation is 1. The first-order valence-corrected chi connectivity index (χ1v) is 9.28. The molecule has 0 saturated carbocycles. The fraction of sp³-hybridized carbons (Fsp3) is 0.368. The topological polar surface area (TPSA) is 56.7 Å². The van der Waals surface area contributed by atoms with Crippen LogP contribution in [0.15, 0.2) is 40.7 Å². The summed E-state index contributed by atoms with van der Waals surface area (Å²) in [5.41, 5.74) is 1.43. The molecule has 0 aliphatic rings. The molecule has 1 unspecified atom stereocenters. The molecule has 2 N–H and O–H groups in total. The molecule has 0 radical (unpaired) electrons. The highest BCUT2D eigenvalue weighted by molar-refractivity contribution is 7.09. The summed E-state index contributed by atoms with van der Waals surface area (Å²) in [6, 6.07) is 9.02. The fourth-order valence-electron chi connectivity index (χ4n) is 2.19. The Morgan fingerprint density at radius 2 is 2.12 bits per heavy atom. The third-order valence-corrected chi connectivity index (χ3v) is 4.81. The van der Waals surface area contributed by atoms with Crippen LogP contribution in [-0.2, 0) is 11.3 Å². The van der Waals surface area contributed by atoms with Crippen LogP contribution < -0.4 is 10.6 Å². The van der Waals surface area contributed by atoms with E-state index in [1.807, 2.05) is 30.5 Å². The third kappa shape index (κ3) is 5.84. The van der Waals surface area contributed by atoms with Crippen molar-refractivity contribution in [2.75, 3.05) is 20.6 Å². The van der Waals surface area contributed by atoms with Crippen molar-refractivity contribution in [3.05, 3.63) is 57.5 Å². The van der Waals surface area contributed by atoms with E-state index in [1.165, 1.54) is 11.0 Å². The van der Waals surface area contributed by atoms with Crippen molar-refractivity contribution in [3.63, 3.8) is 0 Å². The van der Waals surface area contributed by atoms with Crippen LogP contribution in [0.4, 0.5) is 4.39 Å². The summed E-state index contributed by atoms with van der Waals surface area (Å²) < 4.78 is 13.8. The lowest BCUT2D eigenvalue weighted by Crippen LogP contribution is -2.39. The first kappa shape index (κ1) is 19.9. The number of halogens is 1. The molecule has 2 rings (SSSR count). The number of benzene rings is 1. The summed E-state index contributed by atoms with van der Waals surface area (Å²) in [6.07, 6.45) is 0. The van der Waals surface area contributed by atoms with Gasteiger partial charge in [-0.15, -0.1) is 11.3 Å². The van der Waals surface area contributed by atoms with Gasteiger partial charge in [0.05, 0.1) is 12.6 Å². The lowest BCUT2D eigenvalue weighted by Gasteiger charge is -2.19. The van der Waals surface area contributed by atoms with Gasteiger partial charge in [0.1, 0.15) is 12.4 Å². The largest absolute Gasteiger partial charge is 0.351 e. The number of likely N-dealkylation sites (N-methyl/N-ethyl adjacent to an activating group) is 1. The second-order valence-corrected chi connectivity index (χ2v) is 7.29. The number of nitrogens with one attached hydrogen (secondary N) is 2. The van der Waals surface area contributed by atoms with Crippen LogP contribution in [0.25, 0.3) is 0 Å². The molecule has 1 amide bonds. The lowest BCUT2D eigenvalue weighted by molar-refractivity contribution is -0.127. The minimum absolute atomic E-state index is 0.0434. The number of thiophene rings is 1. The van der Waals surface area contributed by atoms with Crippen molar-refractivity contribution < 1.29 is 9.18 Å². The number of amides is 1. The van der Waals surface area contributed by atoms with Crippen molar-refractivity contribution in [2.45, 2.75) is 26.4 Å². The summed E-state index contributed by atoms with van der Waals surface area (Å²) in [4.78, 5) is 18.9. The van der Waals surface area contributed by atoms with E-state index in [2.05, 4.69) is 15.6 Å². The zero-order valence-corrected chi connectivity index (χ0v) is 16.4. The van der Waals surface area contributed by atoms with Crippen molar-refractivity contribution >= 4 is 23.2 Å². The highest BCUT2D eigenvalue weighted by Crippen LogP contribution is 2.16. The van der Waals surface area contributed by atoms with Crippen LogP contribution in [0.1, 0.15) is 29.0 Å². The Balaban J connectivity index is 2.09. The molecular formula is C19H25FN4OS. The Bertz CT molecular complexity index is 759. The molecule has 1 heterocycles. The summed E-state index contributed by atoms with van der Waals surface area (Å²) >= 11 is 1.64. The second-order valence-electron chi connectivity index (χ2n) is 6.26. The molecule has 2 aromatic rings. The molecule has 0 bridgehead atoms. The molecule has 1 atom stereocenters. The molecule has 5 nitrogen and oxygen atoms in total. The van der Waals surface area contributed by atoms with Crippen molar-refractivity contribution in [1.29, 1.82) is 0 Å². The summed E-state index contributed by atoms with van der Waals surface area (Å²) in [6.45, 7) is 4.32. The molecule has 140 valence electrons. The molecule has 26 heavy (non-hydrogen) atoms. The average Bonchev–Trinajstić information content (AvgIpc) is 3.12. The molecular weight excluding hydrogens is 351 g/mol. The Morgan fingerprint density at radius 1 is 1.35 bits per heavy atom. The Labute approximate surface area is 157 Å². The molecule has 0 spiro atoms. The van der Waals surface area contributed by atoms with Crippen molar-refractivity contribution in [3.8, 4) is 0 Å². The normalized spacial score (nSPS) is 12.6. The van der Waals surface area contributed by atoms with Gasteiger partial charge in [-0.05, 0) is 42.5 Å². The van der Waals surface area contributed by atoms with E-state index >= 15 is 0 Å². The number of aliphatic imine (C=N–C) groups is 1. The zero-order chi connectivity index (χ0) is 19.1. The highest BCUT2D eigenvalue weighted by Gasteiger charge is 2.11. The standard InChI is InChI=1S/C19H25FN4OS/c1-13-7-8-15(10-17(13)20)14(2)23-19(22-12-18(25)24(3)4)21-11-16-6-5-9-26-16/h5-10,14H,11-12H2,1-4H3,(H2,21,22,23). The van der Waals surface area contributed by atoms with E-state index < -0.39 is 0 Å². The first-order valence-electron chi connectivity index (χ1n) is 8.40. The van der Waals surface area contributed by atoms with E-state index in [0.717, 1.165) is 10.4 Å². The molecule has 0 fully saturated rings. The van der Waals surface area contributed by atoms with E-state index in [9.17, 15) is 9.18 Å². The molecule has 7 heteroatoms. The number of hydrogen-bond acceptors (Lipinski definition) is 3. The molecule has 0 aliphatic heterocycles. The second kappa shape index (κ2) is 9.33. The smallest absolute Gasteiger partial charge is 0.243 e. The maximum Gasteiger partial charge on any atom is 0.243 e. The maximum atomic E-state index is 13.8. The van der Waals surface area contributed by atoms with Crippen LogP contribution in [-0.4, -0.2) is 37.4 Å². The number of guanidine groups is 1. The molecule has 0 aliphatic carbocycles. The Morgan fingerprint density at radius 3 is 2.73 bits per heavy atom. The monoisotopic (exact) mass is 376 g/mol. The average molecular weight is 377 g/mol. The minimum Gasteiger partial charge on any atom is -0.351 e. The first-order chi connectivity index (χ1) is 12.4. The van der Waals surface area contributed by atoms with E-state index in [0.29, 0.717) is 18.1 Å². The van der Waals surface area contributed by atoms with Gasteiger partial charge in [0.25, 0.3) is 0 Å². The molecule has 1 aromatic heterocycles. The van der Waals surface area contributed by atoms with Gasteiger partial charge in [-0.3, -0.25) is 4.79 Å². The van der Waals surface area contributed by atoms with E-state index in [4.69, 9.17) is 0 Å². The van der Waals surface area contributed by atoms with Gasteiger partial charge in [0, 0.05) is 19.0 Å². The minimum atomic E-state index is -0.232. The van der Waals surface area contributed by atoms with Crippen LogP contribution >= 0.6 is 11.3 Å². The van der Waals surface area contributed by atoms with Gasteiger partial charge < -0.3 is 15.5 Å². The third-order valence-electron chi connectivity index (χ3n) is 3.93. The number of carbonyl (C=O) groups excluding carboxylic acids is 1. The van der Waals surface area contributed by atoms with E-state index in [1.54, 1.807) is 38.4 Å². The number of rotatable bonds is 6. The molecule has 0 saturated heterocycles. The maximum absolute atomic E-state index is 13.8. The Hall–Kier alpha value is -2.41. The predicted octanol–water partition coefficient (Wildman–Crippen LogP) is 3.08.